The van der Waals surface area contributed by atoms with Crippen molar-refractivity contribution in [3.05, 3.63) is 117 Å². The number of nitrogens with zero attached hydrogens (tertiary/aromatic N) is 6. The van der Waals surface area contributed by atoms with E-state index in [4.69, 9.17) is 21.1 Å². The lowest BCUT2D eigenvalue weighted by atomic mass is 9.72. The first-order chi connectivity index (χ1) is 32.0. The molecule has 17 nitrogen and oxygen atoms in total. The summed E-state index contributed by atoms with van der Waals surface area (Å²) in [7, 11) is -1.03. The number of fused-ring (bicyclic) bond motifs is 1. The molecule has 1 unspecified atom stereocenters. The number of halogens is 1. The number of benzene rings is 3. The van der Waals surface area contributed by atoms with Crippen LogP contribution in [-0.2, 0) is 19.6 Å². The van der Waals surface area contributed by atoms with Gasteiger partial charge in [0.1, 0.15) is 22.8 Å². The van der Waals surface area contributed by atoms with Crippen molar-refractivity contribution >= 4 is 67.1 Å². The van der Waals surface area contributed by atoms with Crippen LogP contribution in [0, 0.1) is 15.5 Å². The van der Waals surface area contributed by atoms with Gasteiger partial charge in [0.2, 0.25) is 5.91 Å². The number of likely N-dealkylation sites (N-methyl/N-ethyl adjacent to an activating group) is 1. The van der Waals surface area contributed by atoms with Gasteiger partial charge in [-0.15, -0.1) is 0 Å². The Balaban J connectivity index is 0.978. The number of nitro benzene ring substituents is 1. The summed E-state index contributed by atoms with van der Waals surface area (Å²) in [6.45, 7) is 9.93. The van der Waals surface area contributed by atoms with Gasteiger partial charge in [-0.1, -0.05) is 43.2 Å². The van der Waals surface area contributed by atoms with Crippen LogP contribution in [0.1, 0.15) is 49.0 Å². The maximum absolute atomic E-state index is 14.0. The topological polar surface area (TPSA) is 196 Å². The quantitative estimate of drug-likeness (QED) is 0.0716. The van der Waals surface area contributed by atoms with Crippen LogP contribution in [0.15, 0.2) is 95.7 Å². The predicted molar refractivity (Wildman–Crippen MR) is 258 cm³/mol. The van der Waals surface area contributed by atoms with E-state index in [9.17, 15) is 28.1 Å². The summed E-state index contributed by atoms with van der Waals surface area (Å²) in [5.74, 6) is -0.617. The van der Waals surface area contributed by atoms with Crippen molar-refractivity contribution in [2.45, 2.75) is 44.1 Å². The number of aromatic amines is 1. The number of pyridine rings is 1. The normalized spacial score (nSPS) is 18.0. The maximum atomic E-state index is 14.0. The number of hydrogen-bond donors (Lipinski definition) is 3. The highest BCUT2D eigenvalue weighted by molar-refractivity contribution is 7.90. The van der Waals surface area contributed by atoms with Crippen molar-refractivity contribution in [3.63, 3.8) is 0 Å². The molecule has 4 heterocycles. The number of anilines is 2. The Morgan fingerprint density at radius 3 is 2.55 bits per heavy atom. The summed E-state index contributed by atoms with van der Waals surface area (Å²) < 4.78 is 41.8. The van der Waals surface area contributed by atoms with Gasteiger partial charge in [-0.05, 0) is 98.4 Å². The first-order valence-corrected chi connectivity index (χ1v) is 24.2. The highest BCUT2D eigenvalue weighted by Gasteiger charge is 2.31. The van der Waals surface area contributed by atoms with E-state index in [-0.39, 0.29) is 48.0 Å². The fourth-order valence-electron chi connectivity index (χ4n) is 8.86. The maximum Gasteiger partial charge on any atom is 0.293 e. The van der Waals surface area contributed by atoms with E-state index < -0.39 is 37.5 Å². The number of sulfonamides is 1. The highest BCUT2D eigenvalue weighted by atomic mass is 35.5. The summed E-state index contributed by atoms with van der Waals surface area (Å²) in [5, 5.41) is 16.7. The van der Waals surface area contributed by atoms with E-state index in [2.05, 4.69) is 55.8 Å². The van der Waals surface area contributed by atoms with E-state index in [0.717, 1.165) is 61.1 Å². The highest BCUT2D eigenvalue weighted by Crippen LogP contribution is 2.43. The zero-order valence-electron chi connectivity index (χ0n) is 38.1. The zero-order valence-corrected chi connectivity index (χ0v) is 39.7. The van der Waals surface area contributed by atoms with Gasteiger partial charge >= 0.3 is 0 Å². The number of morpholine rings is 1. The third-order valence-electron chi connectivity index (χ3n) is 12.5. The van der Waals surface area contributed by atoms with Gasteiger partial charge in [-0.3, -0.25) is 24.6 Å². The van der Waals surface area contributed by atoms with Gasteiger partial charge in [0.05, 0.1) is 40.8 Å². The van der Waals surface area contributed by atoms with E-state index in [1.165, 1.54) is 41.1 Å². The second-order valence-corrected chi connectivity index (χ2v) is 20.5. The number of carbonyl (C=O) groups is 2. The number of ether oxygens (including phenoxy) is 2. The smallest absolute Gasteiger partial charge is 0.293 e. The summed E-state index contributed by atoms with van der Waals surface area (Å²) in [5.41, 5.74) is 5.18. The molecule has 2 aromatic heterocycles. The van der Waals surface area contributed by atoms with Gasteiger partial charge < -0.3 is 34.5 Å². The Hall–Kier alpha value is -6.05. The van der Waals surface area contributed by atoms with E-state index in [1.807, 2.05) is 18.2 Å². The van der Waals surface area contributed by atoms with Crippen LogP contribution in [0.2, 0.25) is 5.02 Å². The van der Waals surface area contributed by atoms with Crippen molar-refractivity contribution in [1.82, 2.24) is 29.4 Å². The Bertz CT molecular complexity index is 2790. The molecule has 5 aromatic rings. The van der Waals surface area contributed by atoms with Crippen LogP contribution >= 0.6 is 11.6 Å². The van der Waals surface area contributed by atoms with Crippen molar-refractivity contribution in [2.24, 2.45) is 5.41 Å². The Kier molecular flexibility index (Phi) is 14.2. The van der Waals surface area contributed by atoms with E-state index in [0.29, 0.717) is 37.6 Å². The molecule has 0 radical (unpaired) electrons. The van der Waals surface area contributed by atoms with Crippen molar-refractivity contribution in [3.8, 4) is 11.5 Å². The minimum Gasteiger partial charge on any atom is -0.455 e. The van der Waals surface area contributed by atoms with Gasteiger partial charge in [0.25, 0.3) is 21.6 Å². The number of piperazine rings is 1. The molecule has 3 N–H and O–H groups in total. The van der Waals surface area contributed by atoms with Gasteiger partial charge in [-0.25, -0.2) is 18.1 Å². The first kappa shape index (κ1) is 47.4. The third-order valence-corrected chi connectivity index (χ3v) is 14.1. The van der Waals surface area contributed by atoms with Crippen molar-refractivity contribution < 1.29 is 32.4 Å². The number of carbonyl (C=O) groups excluding carboxylic acids is 2. The molecule has 0 saturated carbocycles. The lowest BCUT2D eigenvalue weighted by molar-refractivity contribution is -0.384. The van der Waals surface area contributed by atoms with Crippen LogP contribution in [0.3, 0.4) is 0 Å². The minimum atomic E-state index is -4.64. The molecular weight excluding hydrogens is 898 g/mol. The Labute approximate surface area is 395 Å². The molecule has 354 valence electrons. The summed E-state index contributed by atoms with van der Waals surface area (Å²) in [6.07, 6.45) is 5.96. The Morgan fingerprint density at radius 1 is 1.03 bits per heavy atom. The molecule has 3 aromatic carbocycles. The number of H-pyrrole nitrogens is 1. The standard InChI is InChI=1S/C48H56ClN9O8S/c1-48(2)15-13-34(41(26-48)32-5-7-35(49)8-6-32)29-55-17-19-56(20-18-55)36-9-11-40(44(24-36)66-37-23-33-14-16-50-46(33)52-27-37)47(60)53-67(63,64)39-10-12-42(43(25-39)58(61)62)51-28-38-30-57(21-22-65-38)45(59)31-54(3)4/h5-12,14,16,23-25,27,38,51H,13,15,17-22,26,28-31H2,1-4H3,(H,50,52)(H,53,60). The van der Waals surface area contributed by atoms with Crippen molar-refractivity contribution in [1.29, 1.82) is 0 Å². The van der Waals surface area contributed by atoms with Crippen LogP contribution in [0.4, 0.5) is 17.1 Å². The zero-order chi connectivity index (χ0) is 47.5. The van der Waals surface area contributed by atoms with Crippen LogP contribution in [-0.4, -0.2) is 136 Å². The van der Waals surface area contributed by atoms with Crippen LogP contribution < -0.4 is 19.7 Å². The molecule has 3 aliphatic rings. The molecule has 0 bridgehead atoms. The summed E-state index contributed by atoms with van der Waals surface area (Å²) in [6, 6.07) is 20.1. The van der Waals surface area contributed by atoms with E-state index >= 15 is 0 Å². The second kappa shape index (κ2) is 20.0. The molecule has 2 amide bonds. The number of nitro groups is 1. The molecule has 2 aliphatic heterocycles. The predicted octanol–water partition coefficient (Wildman–Crippen LogP) is 7.02. The molecule has 19 heteroatoms. The average Bonchev–Trinajstić information content (AvgIpc) is 3.77. The number of nitrogens with one attached hydrogen (secondary N) is 3. The van der Waals surface area contributed by atoms with E-state index in [1.54, 1.807) is 48.3 Å². The number of amides is 2. The second-order valence-electron chi connectivity index (χ2n) is 18.4. The molecular formula is C48H56ClN9O8S. The van der Waals surface area contributed by atoms with Crippen LogP contribution in [0.5, 0.6) is 11.5 Å². The van der Waals surface area contributed by atoms with Crippen LogP contribution in [0.25, 0.3) is 16.6 Å². The fourth-order valence-corrected chi connectivity index (χ4v) is 9.97. The molecule has 8 rings (SSSR count). The molecule has 2 fully saturated rings. The van der Waals surface area contributed by atoms with Gasteiger partial charge in [0, 0.05) is 86.8 Å². The number of rotatable bonds is 15. The Morgan fingerprint density at radius 2 is 1.81 bits per heavy atom. The SMILES string of the molecule is CN(C)CC(=O)N1CCOC(CNc2ccc(S(=O)(=O)NC(=O)c3ccc(N4CCN(CC5=C(c6ccc(Cl)cc6)CC(C)(C)CC5)CC4)cc3Oc3cnc4[nH]ccc4c3)cc2[N+](=O)[O-])C1. The van der Waals surface area contributed by atoms with Crippen molar-refractivity contribution in [2.75, 3.05) is 89.8 Å². The molecule has 2 saturated heterocycles. The lowest BCUT2D eigenvalue weighted by Crippen LogP contribution is -2.50. The fraction of sp³-hybridized carbons (Fsp3) is 0.396. The lowest BCUT2D eigenvalue weighted by Gasteiger charge is -2.39. The summed E-state index contributed by atoms with van der Waals surface area (Å²) >= 11 is 6.25. The number of hydrogen-bond acceptors (Lipinski definition) is 13. The molecule has 67 heavy (non-hydrogen) atoms. The van der Waals surface area contributed by atoms with Gasteiger partial charge in [-0.2, -0.15) is 0 Å². The largest absolute Gasteiger partial charge is 0.455 e. The average molecular weight is 955 g/mol. The number of aromatic nitrogens is 2. The summed E-state index contributed by atoms with van der Waals surface area (Å²) in [4.78, 5) is 53.3. The van der Waals surface area contributed by atoms with Gasteiger partial charge in [0.15, 0.2) is 0 Å². The first-order valence-electron chi connectivity index (χ1n) is 22.3. The monoisotopic (exact) mass is 953 g/mol. The molecule has 1 aliphatic carbocycles. The molecule has 0 spiro atoms. The minimum absolute atomic E-state index is 0.0496. The number of allylic oxidation sites excluding steroid dienone is 1. The molecule has 1 atom stereocenters. The third kappa shape index (κ3) is 11.6.